The second-order valence-corrected chi connectivity index (χ2v) is 2.57. The van der Waals surface area contributed by atoms with E-state index in [9.17, 15) is 0 Å². The predicted molar refractivity (Wildman–Crippen MR) is 40.4 cm³/mol. The van der Waals surface area contributed by atoms with Gasteiger partial charge in [-0.15, -0.1) is 0 Å². The fourth-order valence-corrected chi connectivity index (χ4v) is 0.695. The molecule has 0 saturated carbocycles. The van der Waals surface area contributed by atoms with Crippen LogP contribution < -0.4 is 5.14 Å². The maximum absolute atomic E-state index is 5.23. The Morgan fingerprint density at radius 2 is 2.38 bits per heavy atom. The van der Waals surface area contributed by atoms with Gasteiger partial charge in [0.25, 0.3) is 0 Å². The minimum Gasteiger partial charge on any atom is -0.274 e. The first kappa shape index (κ1) is 8.05. The lowest BCUT2D eigenvalue weighted by atomic mass is 10.2. The van der Waals surface area contributed by atoms with Gasteiger partial charge in [-0.2, -0.15) is 0 Å². The summed E-state index contributed by atoms with van der Waals surface area (Å²) in [5, 5.41) is 5.23. The van der Waals surface area contributed by atoms with E-state index in [4.69, 9.17) is 5.14 Å². The maximum atomic E-state index is 5.23. The molecule has 0 heterocycles. The molecule has 0 aromatic carbocycles. The van der Waals surface area contributed by atoms with E-state index in [2.05, 4.69) is 13.5 Å². The molecule has 0 aliphatic carbocycles. The van der Waals surface area contributed by atoms with Gasteiger partial charge in [0.05, 0.1) is 0 Å². The molecule has 1 nitrogen and oxygen atoms in total. The Bertz CT molecular complexity index is 70.9. The van der Waals surface area contributed by atoms with Gasteiger partial charge < -0.3 is 0 Å². The van der Waals surface area contributed by atoms with E-state index in [-0.39, 0.29) is 0 Å². The van der Waals surface area contributed by atoms with Gasteiger partial charge in [0.2, 0.25) is 0 Å². The summed E-state index contributed by atoms with van der Waals surface area (Å²) in [6, 6.07) is 0. The summed E-state index contributed by atoms with van der Waals surface area (Å²) in [4.78, 5) is 1.09. The van der Waals surface area contributed by atoms with Crippen LogP contribution in [0.4, 0.5) is 0 Å². The Labute approximate surface area is 55.5 Å². The van der Waals surface area contributed by atoms with Crippen molar-refractivity contribution < 1.29 is 0 Å². The molecule has 0 saturated heterocycles. The fourth-order valence-electron chi connectivity index (χ4n) is 0.433. The van der Waals surface area contributed by atoms with Gasteiger partial charge in [-0.3, -0.25) is 5.14 Å². The number of hydrogen-bond acceptors (Lipinski definition) is 2. The highest BCUT2D eigenvalue weighted by Crippen LogP contribution is 2.12. The normalized spacial score (nSPS) is 9.25. The number of unbranched alkanes of at least 4 members (excludes halogenated alkanes) is 1. The van der Waals surface area contributed by atoms with E-state index in [1.807, 2.05) is 0 Å². The number of allylic oxidation sites excluding steroid dienone is 1. The topological polar surface area (TPSA) is 26.0 Å². The Morgan fingerprint density at radius 1 is 1.75 bits per heavy atom. The second-order valence-electron chi connectivity index (χ2n) is 1.76. The molecular weight excluding hydrogens is 118 g/mol. The minimum absolute atomic E-state index is 1.07. The molecule has 2 heteroatoms. The molecule has 0 radical (unpaired) electrons. The molecule has 0 aliphatic heterocycles. The Hall–Kier alpha value is 0.0500. The van der Waals surface area contributed by atoms with E-state index >= 15 is 0 Å². The average Bonchev–Trinajstić information content (AvgIpc) is 1.83. The molecule has 0 aliphatic rings. The van der Waals surface area contributed by atoms with E-state index < -0.39 is 0 Å². The first-order valence-corrected chi connectivity index (χ1v) is 3.73. The molecule has 48 valence electrons. The molecular formula is C6H13NS. The van der Waals surface area contributed by atoms with Crippen LogP contribution in [-0.4, -0.2) is 0 Å². The Morgan fingerprint density at radius 3 is 2.75 bits per heavy atom. The van der Waals surface area contributed by atoms with Crippen molar-refractivity contribution in [2.24, 2.45) is 5.14 Å². The zero-order valence-corrected chi connectivity index (χ0v) is 6.13. The number of nitrogens with two attached hydrogens (primary N) is 1. The second kappa shape index (κ2) is 5.19. The fraction of sp³-hybridized carbons (Fsp3) is 0.667. The lowest BCUT2D eigenvalue weighted by Gasteiger charge is -1.96. The van der Waals surface area contributed by atoms with Crippen molar-refractivity contribution >= 4 is 11.9 Å². The van der Waals surface area contributed by atoms with E-state index in [1.54, 1.807) is 0 Å². The smallest absolute Gasteiger partial charge is 0.00707 e. The van der Waals surface area contributed by atoms with Crippen LogP contribution in [0.3, 0.4) is 0 Å². The van der Waals surface area contributed by atoms with Crippen LogP contribution in [0.5, 0.6) is 0 Å². The van der Waals surface area contributed by atoms with Crippen LogP contribution in [0.25, 0.3) is 0 Å². The Balaban J connectivity index is 2.99. The number of hydrogen-bond donors (Lipinski definition) is 1. The monoisotopic (exact) mass is 131 g/mol. The molecule has 0 rings (SSSR count). The summed E-state index contributed by atoms with van der Waals surface area (Å²) in [5.41, 5.74) is 0. The van der Waals surface area contributed by atoms with Gasteiger partial charge in [0.1, 0.15) is 0 Å². The van der Waals surface area contributed by atoms with E-state index in [0.29, 0.717) is 0 Å². The summed E-state index contributed by atoms with van der Waals surface area (Å²) < 4.78 is 0. The van der Waals surface area contributed by atoms with Crippen molar-refractivity contribution in [1.82, 2.24) is 0 Å². The third kappa shape index (κ3) is 4.22. The summed E-state index contributed by atoms with van der Waals surface area (Å²) in [6.07, 6.45) is 3.50. The lowest BCUT2D eigenvalue weighted by Crippen LogP contribution is -1.81. The van der Waals surface area contributed by atoms with Crippen LogP contribution in [0.2, 0.25) is 0 Å². The summed E-state index contributed by atoms with van der Waals surface area (Å²) >= 11 is 1.27. The van der Waals surface area contributed by atoms with Crippen molar-refractivity contribution in [3.05, 3.63) is 11.5 Å². The highest BCUT2D eigenvalue weighted by atomic mass is 32.2. The largest absolute Gasteiger partial charge is 0.274 e. The van der Waals surface area contributed by atoms with Crippen molar-refractivity contribution in [3.63, 3.8) is 0 Å². The third-order valence-corrected chi connectivity index (χ3v) is 1.51. The molecule has 0 atom stereocenters. The predicted octanol–water partition coefficient (Wildman–Crippen LogP) is 2.30. The highest BCUT2D eigenvalue weighted by molar-refractivity contribution is 8.00. The maximum Gasteiger partial charge on any atom is -0.00707 e. The van der Waals surface area contributed by atoms with Crippen molar-refractivity contribution in [2.75, 3.05) is 0 Å². The van der Waals surface area contributed by atoms with Crippen LogP contribution in [0.1, 0.15) is 26.2 Å². The molecule has 0 aromatic heterocycles. The van der Waals surface area contributed by atoms with Crippen LogP contribution >= 0.6 is 11.9 Å². The first-order valence-electron chi connectivity index (χ1n) is 2.85. The zero-order chi connectivity index (χ0) is 6.41. The summed E-state index contributed by atoms with van der Waals surface area (Å²) in [7, 11) is 0. The highest BCUT2D eigenvalue weighted by Gasteiger charge is 1.88. The molecule has 0 unspecified atom stereocenters. The standard InChI is InChI=1S/C6H13NS/c1-3-4-5-6(2)8-7/h2-5,7H2,1H3. The van der Waals surface area contributed by atoms with Gasteiger partial charge >= 0.3 is 0 Å². The molecule has 0 aromatic rings. The van der Waals surface area contributed by atoms with Gasteiger partial charge in [0.15, 0.2) is 0 Å². The van der Waals surface area contributed by atoms with Gasteiger partial charge in [-0.1, -0.05) is 31.9 Å². The molecule has 8 heavy (non-hydrogen) atoms. The lowest BCUT2D eigenvalue weighted by molar-refractivity contribution is 0.810. The average molecular weight is 131 g/mol. The molecule has 2 N–H and O–H groups in total. The SMILES string of the molecule is C=C(CCCC)SN. The van der Waals surface area contributed by atoms with Crippen LogP contribution in [0.15, 0.2) is 11.5 Å². The van der Waals surface area contributed by atoms with E-state index in [1.165, 1.54) is 24.8 Å². The molecule has 0 fully saturated rings. The quantitative estimate of drug-likeness (QED) is 0.592. The minimum atomic E-state index is 1.07. The van der Waals surface area contributed by atoms with Crippen LogP contribution in [0, 0.1) is 0 Å². The van der Waals surface area contributed by atoms with Crippen molar-refractivity contribution in [1.29, 1.82) is 0 Å². The van der Waals surface area contributed by atoms with Gasteiger partial charge in [-0.05, 0) is 17.7 Å². The molecule has 0 amide bonds. The Kier molecular flexibility index (Phi) is 5.22. The van der Waals surface area contributed by atoms with Crippen molar-refractivity contribution in [3.8, 4) is 0 Å². The van der Waals surface area contributed by atoms with Crippen molar-refractivity contribution in [2.45, 2.75) is 26.2 Å². The molecule has 0 bridgehead atoms. The summed E-state index contributed by atoms with van der Waals surface area (Å²) in [6.45, 7) is 5.91. The molecule has 0 spiro atoms. The van der Waals surface area contributed by atoms with Crippen LogP contribution in [-0.2, 0) is 0 Å². The summed E-state index contributed by atoms with van der Waals surface area (Å²) in [5.74, 6) is 0. The first-order chi connectivity index (χ1) is 3.81. The van der Waals surface area contributed by atoms with E-state index in [0.717, 1.165) is 11.3 Å². The van der Waals surface area contributed by atoms with Gasteiger partial charge in [0, 0.05) is 0 Å². The van der Waals surface area contributed by atoms with Gasteiger partial charge in [-0.25, -0.2) is 0 Å². The zero-order valence-electron chi connectivity index (χ0n) is 5.31. The number of rotatable bonds is 4. The third-order valence-electron chi connectivity index (χ3n) is 0.976.